The Balaban J connectivity index is 4.33. The van der Waals surface area contributed by atoms with Gasteiger partial charge in [-0.25, -0.2) is 0 Å². The van der Waals surface area contributed by atoms with E-state index in [4.69, 9.17) is 14.2 Å². The zero-order valence-electron chi connectivity index (χ0n) is 34.0. The highest BCUT2D eigenvalue weighted by atomic mass is 16.6. The van der Waals surface area contributed by atoms with Crippen molar-refractivity contribution in [3.8, 4) is 0 Å². The molecule has 0 aliphatic rings. The third kappa shape index (κ3) is 37.7. The zero-order valence-corrected chi connectivity index (χ0v) is 34.0. The molecule has 6 nitrogen and oxygen atoms in total. The molecule has 0 aromatic rings. The van der Waals surface area contributed by atoms with Gasteiger partial charge in [-0.2, -0.15) is 0 Å². The van der Waals surface area contributed by atoms with Crippen LogP contribution >= 0.6 is 0 Å². The van der Waals surface area contributed by atoms with Crippen LogP contribution in [-0.4, -0.2) is 37.2 Å². The van der Waals surface area contributed by atoms with E-state index in [1.165, 1.54) is 122 Å². The van der Waals surface area contributed by atoms with Crippen molar-refractivity contribution in [2.24, 2.45) is 11.8 Å². The Labute approximate surface area is 310 Å². The molecule has 0 rings (SSSR count). The maximum absolute atomic E-state index is 12.6. The first-order chi connectivity index (χ1) is 24.2. The fourth-order valence-electron chi connectivity index (χ4n) is 6.40. The van der Waals surface area contributed by atoms with E-state index >= 15 is 0 Å². The van der Waals surface area contributed by atoms with Gasteiger partial charge in [-0.1, -0.05) is 195 Å². The van der Waals surface area contributed by atoms with Crippen LogP contribution in [0.15, 0.2) is 0 Å². The van der Waals surface area contributed by atoms with Crippen LogP contribution in [0.2, 0.25) is 0 Å². The number of ether oxygens (including phenoxy) is 3. The van der Waals surface area contributed by atoms with E-state index in [1.54, 1.807) is 0 Å². The quantitative estimate of drug-likeness (QED) is 0.0361. The van der Waals surface area contributed by atoms with Crippen LogP contribution in [0.25, 0.3) is 0 Å². The van der Waals surface area contributed by atoms with Gasteiger partial charge >= 0.3 is 17.9 Å². The first-order valence-corrected chi connectivity index (χ1v) is 21.7. The second kappa shape index (κ2) is 37.2. The van der Waals surface area contributed by atoms with Crippen molar-refractivity contribution in [1.29, 1.82) is 0 Å². The van der Waals surface area contributed by atoms with Crippen molar-refractivity contribution in [3.05, 3.63) is 0 Å². The number of hydrogen-bond donors (Lipinski definition) is 0. The van der Waals surface area contributed by atoms with Gasteiger partial charge in [0.25, 0.3) is 0 Å². The minimum Gasteiger partial charge on any atom is -0.462 e. The van der Waals surface area contributed by atoms with Gasteiger partial charge in [0.05, 0.1) is 0 Å². The maximum atomic E-state index is 12.6. The molecule has 296 valence electrons. The first-order valence-electron chi connectivity index (χ1n) is 21.7. The molecule has 0 amide bonds. The van der Waals surface area contributed by atoms with Gasteiger partial charge < -0.3 is 14.2 Å². The molecule has 0 N–H and O–H groups in total. The largest absolute Gasteiger partial charge is 0.462 e. The summed E-state index contributed by atoms with van der Waals surface area (Å²) in [7, 11) is 0. The number of hydrogen-bond acceptors (Lipinski definition) is 6. The molecule has 0 aliphatic heterocycles. The summed E-state index contributed by atoms with van der Waals surface area (Å²) in [6, 6.07) is 0. The topological polar surface area (TPSA) is 78.9 Å². The van der Waals surface area contributed by atoms with Crippen molar-refractivity contribution >= 4 is 17.9 Å². The summed E-state index contributed by atoms with van der Waals surface area (Å²) in [4.78, 5) is 37.6. The predicted molar refractivity (Wildman–Crippen MR) is 210 cm³/mol. The van der Waals surface area contributed by atoms with E-state index in [1.807, 2.05) is 0 Å². The molecule has 0 spiro atoms. The molecule has 0 saturated heterocycles. The van der Waals surface area contributed by atoms with Crippen LogP contribution in [0.5, 0.6) is 0 Å². The molecule has 0 fully saturated rings. The number of rotatable bonds is 38. The van der Waals surface area contributed by atoms with Crippen LogP contribution in [-0.2, 0) is 28.6 Å². The Bertz CT molecular complexity index is 764. The predicted octanol–water partition coefficient (Wildman–Crippen LogP) is 13.4. The number of carbonyl (C=O) groups is 3. The van der Waals surface area contributed by atoms with E-state index in [-0.39, 0.29) is 31.1 Å². The molecule has 0 bridgehead atoms. The Hall–Kier alpha value is -1.59. The van der Waals surface area contributed by atoms with E-state index in [0.29, 0.717) is 19.3 Å². The Morgan fingerprint density at radius 2 is 0.660 bits per heavy atom. The third-order valence-corrected chi connectivity index (χ3v) is 9.72. The molecule has 0 unspecified atom stereocenters. The summed E-state index contributed by atoms with van der Waals surface area (Å²) < 4.78 is 16.7. The standard InChI is InChI=1S/C44H84O6/c1-6-7-8-9-10-11-12-13-14-18-24-29-34-42(45)48-37-41(50-44(47)36-31-26-21-20-23-28-33-40(4)5)38-49-43(46)35-30-25-19-16-15-17-22-27-32-39(2)3/h39-41H,6-38H2,1-5H3/t41-/m0/s1. The Morgan fingerprint density at radius 1 is 0.380 bits per heavy atom. The van der Waals surface area contributed by atoms with Crippen molar-refractivity contribution in [3.63, 3.8) is 0 Å². The SMILES string of the molecule is CCCCCCCCCCCCCCC(=O)OC[C@@H](COC(=O)CCCCCCCCCCC(C)C)OC(=O)CCCCCCCCC(C)C. The molecule has 0 aliphatic carbocycles. The summed E-state index contributed by atoms with van der Waals surface area (Å²) >= 11 is 0. The van der Waals surface area contributed by atoms with Crippen molar-refractivity contribution in [1.82, 2.24) is 0 Å². The van der Waals surface area contributed by atoms with Gasteiger partial charge in [-0.15, -0.1) is 0 Å². The van der Waals surface area contributed by atoms with Crippen molar-refractivity contribution in [2.75, 3.05) is 13.2 Å². The average molecular weight is 709 g/mol. The molecule has 50 heavy (non-hydrogen) atoms. The summed E-state index contributed by atoms with van der Waals surface area (Å²) in [6.45, 7) is 11.2. The molecule has 1 atom stereocenters. The van der Waals surface area contributed by atoms with E-state index in [2.05, 4.69) is 34.6 Å². The lowest BCUT2D eigenvalue weighted by Gasteiger charge is -2.18. The Morgan fingerprint density at radius 3 is 0.980 bits per heavy atom. The number of esters is 3. The van der Waals surface area contributed by atoms with Crippen LogP contribution in [0.1, 0.15) is 234 Å². The monoisotopic (exact) mass is 709 g/mol. The third-order valence-electron chi connectivity index (χ3n) is 9.72. The van der Waals surface area contributed by atoms with E-state index in [0.717, 1.165) is 69.6 Å². The van der Waals surface area contributed by atoms with Gasteiger partial charge in [0.15, 0.2) is 6.10 Å². The van der Waals surface area contributed by atoms with Crippen LogP contribution in [0.4, 0.5) is 0 Å². The summed E-state index contributed by atoms with van der Waals surface area (Å²) in [5.41, 5.74) is 0. The van der Waals surface area contributed by atoms with Crippen molar-refractivity contribution < 1.29 is 28.6 Å². The highest BCUT2D eigenvalue weighted by molar-refractivity contribution is 5.71. The zero-order chi connectivity index (χ0) is 36.9. The van der Waals surface area contributed by atoms with Crippen LogP contribution in [0, 0.1) is 11.8 Å². The minimum atomic E-state index is -0.760. The molecule has 0 aromatic heterocycles. The minimum absolute atomic E-state index is 0.0663. The van der Waals surface area contributed by atoms with Gasteiger partial charge in [0.1, 0.15) is 13.2 Å². The highest BCUT2D eigenvalue weighted by Gasteiger charge is 2.19. The number of unbranched alkanes of at least 4 members (excludes halogenated alkanes) is 23. The molecule has 0 heterocycles. The molecule has 0 aromatic carbocycles. The van der Waals surface area contributed by atoms with Crippen molar-refractivity contribution in [2.45, 2.75) is 240 Å². The fourth-order valence-corrected chi connectivity index (χ4v) is 6.40. The molecule has 6 heteroatoms. The smallest absolute Gasteiger partial charge is 0.306 e. The highest BCUT2D eigenvalue weighted by Crippen LogP contribution is 2.16. The number of carbonyl (C=O) groups excluding carboxylic acids is 3. The van der Waals surface area contributed by atoms with Gasteiger partial charge in [0.2, 0.25) is 0 Å². The fraction of sp³-hybridized carbons (Fsp3) is 0.932. The second-order valence-corrected chi connectivity index (χ2v) is 15.9. The lowest BCUT2D eigenvalue weighted by molar-refractivity contribution is -0.167. The van der Waals surface area contributed by atoms with Gasteiger partial charge in [-0.3, -0.25) is 14.4 Å². The summed E-state index contributed by atoms with van der Waals surface area (Å²) in [5, 5.41) is 0. The van der Waals surface area contributed by atoms with Crippen LogP contribution < -0.4 is 0 Å². The lowest BCUT2D eigenvalue weighted by Crippen LogP contribution is -2.30. The molecule has 0 radical (unpaired) electrons. The molecular weight excluding hydrogens is 624 g/mol. The van der Waals surface area contributed by atoms with Gasteiger partial charge in [0, 0.05) is 19.3 Å². The maximum Gasteiger partial charge on any atom is 0.306 e. The normalized spacial score (nSPS) is 12.1. The van der Waals surface area contributed by atoms with Gasteiger partial charge in [-0.05, 0) is 31.1 Å². The lowest BCUT2D eigenvalue weighted by atomic mass is 10.0. The van der Waals surface area contributed by atoms with E-state index < -0.39 is 6.10 Å². The Kier molecular flexibility index (Phi) is 36.0. The van der Waals surface area contributed by atoms with E-state index in [9.17, 15) is 14.4 Å². The summed E-state index contributed by atoms with van der Waals surface area (Å²) in [6.07, 6.45) is 33.9. The molecular formula is C44H84O6. The second-order valence-electron chi connectivity index (χ2n) is 15.9. The average Bonchev–Trinajstić information content (AvgIpc) is 3.08. The summed E-state index contributed by atoms with van der Waals surface area (Å²) in [5.74, 6) is 0.689. The van der Waals surface area contributed by atoms with Crippen LogP contribution in [0.3, 0.4) is 0 Å². The molecule has 0 saturated carbocycles. The first kappa shape index (κ1) is 48.4.